The summed E-state index contributed by atoms with van der Waals surface area (Å²) in [5.74, 6) is -1.61. The first-order chi connectivity index (χ1) is 13.1. The van der Waals surface area contributed by atoms with E-state index in [1.165, 1.54) is 29.4 Å². The Morgan fingerprint density at radius 1 is 1.19 bits per heavy atom. The van der Waals surface area contributed by atoms with E-state index in [9.17, 15) is 19.8 Å². The zero-order valence-electron chi connectivity index (χ0n) is 14.5. The van der Waals surface area contributed by atoms with E-state index in [1.54, 1.807) is 18.2 Å². The van der Waals surface area contributed by atoms with Crippen molar-refractivity contribution < 1.29 is 29.0 Å². The van der Waals surface area contributed by atoms with Crippen molar-refractivity contribution in [3.63, 3.8) is 0 Å². The van der Waals surface area contributed by atoms with Gasteiger partial charge in [-0.25, -0.2) is 0 Å². The fourth-order valence-electron chi connectivity index (χ4n) is 3.63. The highest BCUT2D eigenvalue weighted by Gasteiger charge is 2.45. The van der Waals surface area contributed by atoms with Gasteiger partial charge in [0.2, 0.25) is 5.78 Å². The van der Waals surface area contributed by atoms with Crippen LogP contribution in [-0.4, -0.2) is 46.1 Å². The number of carbonyl (C=O) groups is 2. The van der Waals surface area contributed by atoms with Crippen molar-refractivity contribution in [3.05, 3.63) is 65.3 Å². The number of furan rings is 1. The van der Waals surface area contributed by atoms with Gasteiger partial charge in [0.25, 0.3) is 5.91 Å². The lowest BCUT2D eigenvalue weighted by atomic mass is 9.95. The van der Waals surface area contributed by atoms with Gasteiger partial charge in [-0.1, -0.05) is 12.1 Å². The molecule has 1 saturated heterocycles. The van der Waals surface area contributed by atoms with Gasteiger partial charge in [0.05, 0.1) is 24.0 Å². The zero-order chi connectivity index (χ0) is 19.0. The summed E-state index contributed by atoms with van der Waals surface area (Å²) in [6.45, 7) is 0.900. The standard InChI is InChI=1S/C20H19NO6/c22-13-7-5-12(6-8-13)17-16(18(23)15-4-2-10-27-15)19(24)20(25)21(17)11-14-3-1-9-26-14/h2,4-8,10,14,17,22,24H,1,3,9,11H2/t14-,17-/m1/s1. The Morgan fingerprint density at radius 3 is 2.59 bits per heavy atom. The van der Waals surface area contributed by atoms with Gasteiger partial charge in [0.15, 0.2) is 11.5 Å². The number of aliphatic hydroxyl groups is 1. The summed E-state index contributed by atoms with van der Waals surface area (Å²) in [4.78, 5) is 27.1. The normalized spacial score (nSPS) is 22.7. The lowest BCUT2D eigenvalue weighted by molar-refractivity contribution is -0.131. The fourth-order valence-corrected chi connectivity index (χ4v) is 3.63. The molecular formula is C20H19NO6. The molecule has 1 aromatic heterocycles. The molecule has 1 fully saturated rings. The van der Waals surface area contributed by atoms with Gasteiger partial charge in [-0.05, 0) is 42.7 Å². The first kappa shape index (κ1) is 17.4. The monoisotopic (exact) mass is 369 g/mol. The summed E-state index contributed by atoms with van der Waals surface area (Å²) < 4.78 is 10.8. The topological polar surface area (TPSA) is 100 Å². The number of phenolic OH excluding ortho intramolecular Hbond substituents is 1. The molecule has 2 aliphatic heterocycles. The number of carbonyl (C=O) groups excluding carboxylic acids is 2. The first-order valence-electron chi connectivity index (χ1n) is 8.79. The molecule has 0 unspecified atom stereocenters. The van der Waals surface area contributed by atoms with Crippen LogP contribution in [0, 0.1) is 0 Å². The van der Waals surface area contributed by atoms with Gasteiger partial charge < -0.3 is 24.3 Å². The molecule has 4 rings (SSSR count). The van der Waals surface area contributed by atoms with E-state index in [2.05, 4.69) is 0 Å². The quantitative estimate of drug-likeness (QED) is 0.786. The molecule has 7 nitrogen and oxygen atoms in total. The van der Waals surface area contributed by atoms with Crippen molar-refractivity contribution in [3.8, 4) is 5.75 Å². The van der Waals surface area contributed by atoms with E-state index in [0.717, 1.165) is 12.8 Å². The predicted octanol–water partition coefficient (Wildman–Crippen LogP) is 2.74. The number of amides is 1. The maximum absolute atomic E-state index is 12.9. The summed E-state index contributed by atoms with van der Waals surface area (Å²) in [5.41, 5.74) is 0.580. The Labute approximate surface area is 155 Å². The van der Waals surface area contributed by atoms with E-state index in [4.69, 9.17) is 9.15 Å². The van der Waals surface area contributed by atoms with E-state index < -0.39 is 23.5 Å². The number of Topliss-reactive ketones (excluding diaryl/α,β-unsaturated/α-hetero) is 1. The molecule has 0 spiro atoms. The van der Waals surface area contributed by atoms with Crippen LogP contribution in [0.5, 0.6) is 5.75 Å². The van der Waals surface area contributed by atoms with Crippen LogP contribution in [0.2, 0.25) is 0 Å². The molecular weight excluding hydrogens is 350 g/mol. The smallest absolute Gasteiger partial charge is 0.290 e. The highest BCUT2D eigenvalue weighted by atomic mass is 16.5. The number of ketones is 1. The molecule has 2 aliphatic rings. The predicted molar refractivity (Wildman–Crippen MR) is 94.2 cm³/mol. The minimum absolute atomic E-state index is 0.0290. The number of hydrogen-bond acceptors (Lipinski definition) is 6. The Morgan fingerprint density at radius 2 is 1.96 bits per heavy atom. The number of nitrogens with zero attached hydrogens (tertiary/aromatic N) is 1. The van der Waals surface area contributed by atoms with Crippen molar-refractivity contribution in [2.24, 2.45) is 0 Å². The summed E-state index contributed by atoms with van der Waals surface area (Å²) >= 11 is 0. The van der Waals surface area contributed by atoms with Crippen LogP contribution in [0.15, 0.2) is 58.4 Å². The van der Waals surface area contributed by atoms with Gasteiger partial charge in [-0.15, -0.1) is 0 Å². The number of rotatable bonds is 5. The summed E-state index contributed by atoms with van der Waals surface area (Å²) in [6, 6.07) is 8.50. The molecule has 140 valence electrons. The maximum Gasteiger partial charge on any atom is 0.290 e. The minimum atomic E-state index is -0.778. The fraction of sp³-hybridized carbons (Fsp3) is 0.300. The molecule has 2 N–H and O–H groups in total. The van der Waals surface area contributed by atoms with Gasteiger partial charge >= 0.3 is 0 Å². The maximum atomic E-state index is 12.9. The average Bonchev–Trinajstić information content (AvgIpc) is 3.41. The molecule has 1 amide bonds. The highest BCUT2D eigenvalue weighted by molar-refractivity contribution is 6.15. The molecule has 3 heterocycles. The van der Waals surface area contributed by atoms with Crippen LogP contribution < -0.4 is 0 Å². The van der Waals surface area contributed by atoms with Crippen molar-refractivity contribution in [2.45, 2.75) is 25.0 Å². The molecule has 0 saturated carbocycles. The van der Waals surface area contributed by atoms with Crippen LogP contribution in [0.25, 0.3) is 0 Å². The van der Waals surface area contributed by atoms with Gasteiger partial charge in [-0.2, -0.15) is 0 Å². The third-order valence-corrected chi connectivity index (χ3v) is 4.93. The second-order valence-corrected chi connectivity index (χ2v) is 6.66. The Balaban J connectivity index is 1.75. The number of hydrogen-bond donors (Lipinski definition) is 2. The lowest BCUT2D eigenvalue weighted by Gasteiger charge is -2.28. The third-order valence-electron chi connectivity index (χ3n) is 4.93. The van der Waals surface area contributed by atoms with E-state index >= 15 is 0 Å². The second-order valence-electron chi connectivity index (χ2n) is 6.66. The van der Waals surface area contributed by atoms with Crippen molar-refractivity contribution >= 4 is 11.7 Å². The Hall–Kier alpha value is -3.06. The molecule has 0 aliphatic carbocycles. The largest absolute Gasteiger partial charge is 0.508 e. The number of ether oxygens (including phenoxy) is 1. The Bertz CT molecular complexity index is 878. The minimum Gasteiger partial charge on any atom is -0.508 e. The van der Waals surface area contributed by atoms with Crippen LogP contribution in [-0.2, 0) is 9.53 Å². The zero-order valence-corrected chi connectivity index (χ0v) is 14.5. The van der Waals surface area contributed by atoms with Gasteiger partial charge in [0.1, 0.15) is 5.75 Å². The first-order valence-corrected chi connectivity index (χ1v) is 8.79. The molecule has 2 atom stereocenters. The lowest BCUT2D eigenvalue weighted by Crippen LogP contribution is -2.37. The summed E-state index contributed by atoms with van der Waals surface area (Å²) in [5, 5.41) is 20.1. The molecule has 27 heavy (non-hydrogen) atoms. The summed E-state index contributed by atoms with van der Waals surface area (Å²) in [6.07, 6.45) is 2.95. The third kappa shape index (κ3) is 3.10. The van der Waals surface area contributed by atoms with Crippen molar-refractivity contribution in [1.82, 2.24) is 4.90 Å². The SMILES string of the molecule is O=C(C1=C(O)C(=O)N(C[C@H]2CCCO2)[C@@H]1c1ccc(O)cc1)c1ccco1. The molecule has 7 heteroatoms. The molecule has 0 radical (unpaired) electrons. The highest BCUT2D eigenvalue weighted by Crippen LogP contribution is 2.40. The number of aliphatic hydroxyl groups excluding tert-OH is 1. The molecule has 2 aromatic rings. The second kappa shape index (κ2) is 6.92. The van der Waals surface area contributed by atoms with Crippen LogP contribution in [0.4, 0.5) is 0 Å². The summed E-state index contributed by atoms with van der Waals surface area (Å²) in [7, 11) is 0. The molecule has 1 aromatic carbocycles. The number of phenols is 1. The number of aromatic hydroxyl groups is 1. The van der Waals surface area contributed by atoms with E-state index in [-0.39, 0.29) is 29.7 Å². The number of benzene rings is 1. The van der Waals surface area contributed by atoms with Crippen LogP contribution in [0.3, 0.4) is 0 Å². The average molecular weight is 369 g/mol. The van der Waals surface area contributed by atoms with Gasteiger partial charge in [0, 0.05) is 13.2 Å². The van der Waals surface area contributed by atoms with E-state index in [1.807, 2.05) is 0 Å². The van der Waals surface area contributed by atoms with Crippen LogP contribution >= 0.6 is 0 Å². The Kier molecular flexibility index (Phi) is 4.45. The molecule has 0 bridgehead atoms. The van der Waals surface area contributed by atoms with Crippen LogP contribution in [0.1, 0.15) is 35.0 Å². The van der Waals surface area contributed by atoms with Crippen molar-refractivity contribution in [2.75, 3.05) is 13.2 Å². The van der Waals surface area contributed by atoms with Crippen molar-refractivity contribution in [1.29, 1.82) is 0 Å². The van der Waals surface area contributed by atoms with E-state index in [0.29, 0.717) is 12.2 Å². The van der Waals surface area contributed by atoms with Gasteiger partial charge in [-0.3, -0.25) is 9.59 Å².